The Labute approximate surface area is 274 Å². The van der Waals surface area contributed by atoms with Crippen molar-refractivity contribution in [1.29, 1.82) is 0 Å². The number of fused-ring (bicyclic) bond motifs is 2. The van der Waals surface area contributed by atoms with Gasteiger partial charge in [-0.05, 0) is 72.4 Å². The molecule has 1 N–H and O–H groups in total. The number of aromatic nitrogens is 2. The van der Waals surface area contributed by atoms with Crippen LogP contribution in [0.4, 0.5) is 4.79 Å². The zero-order valence-corrected chi connectivity index (χ0v) is 27.5. The van der Waals surface area contributed by atoms with E-state index in [9.17, 15) is 14.4 Å². The van der Waals surface area contributed by atoms with Crippen LogP contribution in [0.1, 0.15) is 68.3 Å². The Bertz CT molecular complexity index is 1890. The molecule has 10 heteroatoms. The first-order chi connectivity index (χ1) is 22.4. The van der Waals surface area contributed by atoms with Gasteiger partial charge in [0, 0.05) is 19.9 Å². The van der Waals surface area contributed by atoms with Crippen LogP contribution < -0.4 is 5.32 Å². The number of alkyl carbamates (subject to hydrolysis) is 1. The van der Waals surface area contributed by atoms with Crippen molar-refractivity contribution in [2.75, 3.05) is 7.05 Å². The van der Waals surface area contributed by atoms with Crippen molar-refractivity contribution in [2.24, 2.45) is 0 Å². The first-order valence-electron chi connectivity index (χ1n) is 15.6. The van der Waals surface area contributed by atoms with Gasteiger partial charge in [-0.15, -0.1) is 0 Å². The highest BCUT2D eigenvalue weighted by Gasteiger charge is 2.34. The van der Waals surface area contributed by atoms with E-state index in [4.69, 9.17) is 14.0 Å². The Morgan fingerprint density at radius 1 is 0.830 bits per heavy atom. The molecule has 4 aromatic carbocycles. The highest BCUT2D eigenvalue weighted by atomic mass is 16.6. The Balaban J connectivity index is 1.49. The second-order valence-electron chi connectivity index (χ2n) is 12.8. The van der Waals surface area contributed by atoms with E-state index in [0.717, 1.165) is 32.7 Å². The molecule has 0 aliphatic carbocycles. The molecule has 0 saturated heterocycles. The average molecular weight is 637 g/mol. The van der Waals surface area contributed by atoms with Gasteiger partial charge in [0.05, 0.1) is 6.10 Å². The molecule has 0 saturated carbocycles. The van der Waals surface area contributed by atoms with Crippen LogP contribution in [0.15, 0.2) is 89.5 Å². The van der Waals surface area contributed by atoms with E-state index < -0.39 is 35.7 Å². The van der Waals surface area contributed by atoms with Gasteiger partial charge in [-0.1, -0.05) is 84.9 Å². The molecule has 0 radical (unpaired) electrons. The summed E-state index contributed by atoms with van der Waals surface area (Å²) in [5.74, 6) is -1.31. The quantitative estimate of drug-likeness (QED) is 0.166. The van der Waals surface area contributed by atoms with Gasteiger partial charge in [0.25, 0.3) is 5.82 Å². The number of esters is 1. The number of hydrogen-bond donors (Lipinski definition) is 1. The van der Waals surface area contributed by atoms with Crippen molar-refractivity contribution in [3.8, 4) is 0 Å². The Morgan fingerprint density at radius 2 is 1.38 bits per heavy atom. The summed E-state index contributed by atoms with van der Waals surface area (Å²) in [6.07, 6.45) is -0.598. The maximum atomic E-state index is 14.4. The van der Waals surface area contributed by atoms with Crippen molar-refractivity contribution >= 4 is 39.5 Å². The van der Waals surface area contributed by atoms with Crippen molar-refractivity contribution in [2.45, 2.75) is 71.2 Å². The Kier molecular flexibility index (Phi) is 9.89. The molecule has 47 heavy (non-hydrogen) atoms. The van der Waals surface area contributed by atoms with Gasteiger partial charge in [-0.3, -0.25) is 4.79 Å². The number of likely N-dealkylation sites (N-methyl/N-ethyl adjacent to an activating group) is 1. The summed E-state index contributed by atoms with van der Waals surface area (Å²) in [5.41, 5.74) is 0.994. The molecular weight excluding hydrogens is 596 g/mol. The maximum absolute atomic E-state index is 14.4. The van der Waals surface area contributed by atoms with Crippen molar-refractivity contribution in [3.05, 3.63) is 108 Å². The van der Waals surface area contributed by atoms with E-state index >= 15 is 0 Å². The molecule has 244 valence electrons. The molecule has 0 aliphatic rings. The van der Waals surface area contributed by atoms with Crippen LogP contribution in [0.3, 0.4) is 0 Å². The topological polar surface area (TPSA) is 124 Å². The molecule has 10 nitrogen and oxygen atoms in total. The van der Waals surface area contributed by atoms with E-state index in [0.29, 0.717) is 6.42 Å². The van der Waals surface area contributed by atoms with E-state index in [1.54, 1.807) is 41.7 Å². The number of nitrogens with zero attached hydrogens (tertiary/aromatic N) is 3. The molecule has 1 aromatic heterocycles. The minimum absolute atomic E-state index is 0.0615. The lowest BCUT2D eigenvalue weighted by molar-refractivity contribution is -0.135. The van der Waals surface area contributed by atoms with E-state index in [1.165, 1.54) is 4.90 Å². The predicted octanol–water partition coefficient (Wildman–Crippen LogP) is 6.82. The fourth-order valence-corrected chi connectivity index (χ4v) is 5.35. The summed E-state index contributed by atoms with van der Waals surface area (Å²) >= 11 is 0. The van der Waals surface area contributed by atoms with Gasteiger partial charge < -0.3 is 24.2 Å². The zero-order valence-electron chi connectivity index (χ0n) is 27.5. The number of benzene rings is 4. The summed E-state index contributed by atoms with van der Waals surface area (Å²) < 4.78 is 16.4. The van der Waals surface area contributed by atoms with Crippen molar-refractivity contribution in [1.82, 2.24) is 20.4 Å². The number of nitrogens with one attached hydrogen (secondary N) is 1. The van der Waals surface area contributed by atoms with Gasteiger partial charge in [0.2, 0.25) is 11.8 Å². The number of carbonyl (C=O) groups excluding carboxylic acids is 3. The van der Waals surface area contributed by atoms with Crippen molar-refractivity contribution < 1.29 is 28.4 Å². The Hall–Kier alpha value is -5.25. The largest absolute Gasteiger partial charge is 0.457 e. The fourth-order valence-electron chi connectivity index (χ4n) is 5.35. The minimum atomic E-state index is -0.997. The lowest BCUT2D eigenvalue weighted by atomic mass is 9.98. The molecule has 0 fully saturated rings. The molecule has 0 aliphatic heterocycles. The molecule has 0 bridgehead atoms. The summed E-state index contributed by atoms with van der Waals surface area (Å²) in [6, 6.07) is 26.1. The fraction of sp³-hybridized carbons (Fsp3) is 0.324. The van der Waals surface area contributed by atoms with Crippen LogP contribution in [0.5, 0.6) is 0 Å². The van der Waals surface area contributed by atoms with Gasteiger partial charge in [-0.25, -0.2) is 9.59 Å². The van der Waals surface area contributed by atoms with Crippen molar-refractivity contribution in [3.63, 3.8) is 0 Å². The summed E-state index contributed by atoms with van der Waals surface area (Å²) in [4.78, 5) is 45.8. The summed E-state index contributed by atoms with van der Waals surface area (Å²) in [6.45, 7) is 8.73. The van der Waals surface area contributed by atoms with Crippen LogP contribution in [-0.2, 0) is 27.1 Å². The van der Waals surface area contributed by atoms with E-state index in [2.05, 4.69) is 15.5 Å². The number of hydrogen-bond acceptors (Lipinski definition) is 8. The summed E-state index contributed by atoms with van der Waals surface area (Å²) in [7, 11) is 1.62. The molecule has 5 rings (SSSR count). The number of amides is 2. The second kappa shape index (κ2) is 14.0. The van der Waals surface area contributed by atoms with Gasteiger partial charge in [0.1, 0.15) is 17.7 Å². The zero-order chi connectivity index (χ0) is 33.7. The molecule has 2 unspecified atom stereocenters. The third-order valence-corrected chi connectivity index (χ3v) is 7.55. The first-order valence-corrected chi connectivity index (χ1v) is 15.6. The normalized spacial score (nSPS) is 12.9. The minimum Gasteiger partial charge on any atom is -0.457 e. The van der Waals surface area contributed by atoms with Crippen LogP contribution >= 0.6 is 0 Å². The van der Waals surface area contributed by atoms with E-state index in [-0.39, 0.29) is 24.2 Å². The smallest absolute Gasteiger partial charge is 0.408 e. The molecular formula is C37H40N4O6. The van der Waals surface area contributed by atoms with Crippen LogP contribution in [-0.4, -0.2) is 57.8 Å². The summed E-state index contributed by atoms with van der Waals surface area (Å²) in [5, 5.41) is 10.9. The monoisotopic (exact) mass is 636 g/mol. The van der Waals surface area contributed by atoms with Crippen LogP contribution in [0.25, 0.3) is 21.5 Å². The average Bonchev–Trinajstić information content (AvgIpc) is 3.52. The molecule has 1 heterocycles. The number of rotatable bonds is 10. The lowest BCUT2D eigenvalue weighted by Gasteiger charge is -2.30. The highest BCUT2D eigenvalue weighted by Crippen LogP contribution is 2.27. The Morgan fingerprint density at radius 3 is 1.94 bits per heavy atom. The second-order valence-corrected chi connectivity index (χ2v) is 12.8. The van der Waals surface area contributed by atoms with E-state index in [1.807, 2.05) is 84.9 Å². The number of carbonyl (C=O) groups is 3. The first kappa shape index (κ1) is 33.1. The van der Waals surface area contributed by atoms with Crippen LogP contribution in [0, 0.1) is 0 Å². The van der Waals surface area contributed by atoms with Gasteiger partial charge >= 0.3 is 12.1 Å². The molecule has 2 atom stereocenters. The lowest BCUT2D eigenvalue weighted by Crippen LogP contribution is -2.50. The standard InChI is InChI=1S/C37H40N4O6/c1-23(2)45-35(43)32-39-33(47-40-32)31(22-25-16-18-27-12-8-10-14-29(27)20-25)41(6)34(42)30(38-36(44)46-37(3,4)5)21-24-15-17-26-11-7-9-13-28(26)19-24/h7-20,23,30-31H,21-22H2,1-6H3,(H,38,44). The molecule has 2 amide bonds. The number of ether oxygens (including phenoxy) is 2. The van der Waals surface area contributed by atoms with Crippen LogP contribution in [0.2, 0.25) is 0 Å². The third-order valence-electron chi connectivity index (χ3n) is 7.55. The highest BCUT2D eigenvalue weighted by molar-refractivity contribution is 5.88. The third kappa shape index (κ3) is 8.52. The SMILES string of the molecule is CC(C)OC(=O)c1noc(C(Cc2ccc3ccccc3c2)N(C)C(=O)C(Cc2ccc3ccccc3c2)NC(=O)OC(C)(C)C)n1. The van der Waals surface area contributed by atoms with Gasteiger partial charge in [0.15, 0.2) is 0 Å². The molecule has 5 aromatic rings. The molecule has 0 spiro atoms. The van der Waals surface area contributed by atoms with Gasteiger partial charge in [-0.2, -0.15) is 4.98 Å². The maximum Gasteiger partial charge on any atom is 0.408 e. The predicted molar refractivity (Wildman–Crippen MR) is 179 cm³/mol.